The van der Waals surface area contributed by atoms with Crippen molar-refractivity contribution in [3.63, 3.8) is 0 Å². The summed E-state index contributed by atoms with van der Waals surface area (Å²) in [4.78, 5) is 16.3. The van der Waals surface area contributed by atoms with Crippen LogP contribution in [0.2, 0.25) is 0 Å². The van der Waals surface area contributed by atoms with Crippen molar-refractivity contribution < 1.29 is 4.74 Å². The number of nitrogens with one attached hydrogen (secondary N) is 3. The lowest BCUT2D eigenvalue weighted by Gasteiger charge is -2.37. The van der Waals surface area contributed by atoms with Gasteiger partial charge in [-0.15, -0.1) is 0 Å². The number of imidazole rings is 1. The fourth-order valence-corrected chi connectivity index (χ4v) is 5.05. The van der Waals surface area contributed by atoms with Crippen LogP contribution in [0.3, 0.4) is 0 Å². The number of benzene rings is 1. The summed E-state index contributed by atoms with van der Waals surface area (Å²) >= 11 is 0. The molecule has 0 radical (unpaired) electrons. The molecule has 6 nitrogen and oxygen atoms in total. The van der Waals surface area contributed by atoms with E-state index in [0.29, 0.717) is 5.92 Å². The molecule has 1 saturated heterocycles. The Morgan fingerprint density at radius 3 is 2.73 bits per heavy atom. The molecule has 2 aliphatic rings. The number of para-hydroxylation sites is 1. The highest BCUT2D eigenvalue weighted by atomic mass is 16.5. The summed E-state index contributed by atoms with van der Waals surface area (Å²) < 4.78 is 5.64. The number of H-pyrrole nitrogens is 2. The third-order valence-electron chi connectivity index (χ3n) is 6.58. The highest BCUT2D eigenvalue weighted by Gasteiger charge is 2.36. The summed E-state index contributed by atoms with van der Waals surface area (Å²) in [5.74, 6) is 1.54. The normalized spacial score (nSPS) is 22.3. The molecule has 1 aromatic carbocycles. The Bertz CT molecular complexity index is 1160. The van der Waals surface area contributed by atoms with Gasteiger partial charge in [-0.1, -0.05) is 18.2 Å². The first-order valence-electron chi connectivity index (χ1n) is 10.8. The predicted octanol–water partition coefficient (Wildman–Crippen LogP) is 4.31. The molecule has 0 aliphatic carbocycles. The summed E-state index contributed by atoms with van der Waals surface area (Å²) in [6.45, 7) is 1.68. The molecule has 2 atom stereocenters. The molecule has 6 heteroatoms. The Morgan fingerprint density at radius 1 is 0.967 bits per heavy atom. The molecule has 3 aromatic heterocycles. The minimum atomic E-state index is 0.148. The smallest absolute Gasteiger partial charge is 0.124 e. The standard InChI is InChI=1S/C24H25N5O/c1-2-6-19-17(5-1)18-12-20(24-26-14-21(29-24)16-4-3-9-25-13-16)28-22(23(18)27-19)15-7-10-30-11-8-15/h1-6,9,13-15,20,22,27-28H,7-8,10-12H2,(H,26,29)/t20-,22-/m1/s1. The number of hydrogen-bond donors (Lipinski definition) is 3. The molecule has 0 amide bonds. The number of nitrogens with zero attached hydrogens (tertiary/aromatic N) is 2. The maximum atomic E-state index is 5.64. The Kier molecular flexibility index (Phi) is 4.39. The number of hydrogen-bond acceptors (Lipinski definition) is 4. The van der Waals surface area contributed by atoms with Crippen LogP contribution in [0, 0.1) is 5.92 Å². The average Bonchev–Trinajstić information content (AvgIpc) is 3.45. The lowest BCUT2D eigenvalue weighted by molar-refractivity contribution is 0.0497. The molecule has 6 rings (SSSR count). The zero-order valence-electron chi connectivity index (χ0n) is 16.8. The van der Waals surface area contributed by atoms with Crippen molar-refractivity contribution in [1.82, 2.24) is 25.3 Å². The molecule has 5 heterocycles. The van der Waals surface area contributed by atoms with Gasteiger partial charge < -0.3 is 14.7 Å². The van der Waals surface area contributed by atoms with Crippen LogP contribution in [0.4, 0.5) is 0 Å². The van der Waals surface area contributed by atoms with Crippen LogP contribution < -0.4 is 5.32 Å². The van der Waals surface area contributed by atoms with E-state index in [-0.39, 0.29) is 12.1 Å². The minimum Gasteiger partial charge on any atom is -0.381 e. The summed E-state index contributed by atoms with van der Waals surface area (Å²) in [5.41, 5.74) is 6.05. The summed E-state index contributed by atoms with van der Waals surface area (Å²) in [6.07, 6.45) is 8.66. The molecule has 1 fully saturated rings. The molecule has 4 aromatic rings. The second kappa shape index (κ2) is 7.38. The molecule has 0 saturated carbocycles. The van der Waals surface area contributed by atoms with Crippen LogP contribution in [-0.2, 0) is 11.2 Å². The minimum absolute atomic E-state index is 0.148. The lowest BCUT2D eigenvalue weighted by Crippen LogP contribution is -2.39. The van der Waals surface area contributed by atoms with Gasteiger partial charge >= 0.3 is 0 Å². The van der Waals surface area contributed by atoms with Gasteiger partial charge in [-0.25, -0.2) is 4.98 Å². The Hall–Kier alpha value is -2.96. The molecule has 0 bridgehead atoms. The summed E-state index contributed by atoms with van der Waals surface area (Å²) in [6, 6.07) is 13.1. The van der Waals surface area contributed by atoms with Gasteiger partial charge in [-0.3, -0.25) is 10.3 Å². The van der Waals surface area contributed by atoms with Crippen LogP contribution in [0.25, 0.3) is 22.2 Å². The molecular formula is C24H25N5O. The molecule has 152 valence electrons. The Labute approximate surface area is 175 Å². The summed E-state index contributed by atoms with van der Waals surface area (Å²) in [7, 11) is 0. The van der Waals surface area contributed by atoms with Gasteiger partial charge in [0.05, 0.1) is 24.0 Å². The maximum Gasteiger partial charge on any atom is 0.124 e. The first-order valence-corrected chi connectivity index (χ1v) is 10.8. The first-order chi connectivity index (χ1) is 14.9. The van der Waals surface area contributed by atoms with E-state index < -0.39 is 0 Å². The highest BCUT2D eigenvalue weighted by Crippen LogP contribution is 2.41. The van der Waals surface area contributed by atoms with Crippen LogP contribution in [0.15, 0.2) is 55.0 Å². The van der Waals surface area contributed by atoms with Crippen molar-refractivity contribution in [2.24, 2.45) is 5.92 Å². The third kappa shape index (κ3) is 3.04. The number of rotatable bonds is 3. The maximum absolute atomic E-state index is 5.64. The zero-order chi connectivity index (χ0) is 19.9. The molecule has 2 aliphatic heterocycles. The topological polar surface area (TPSA) is 78.6 Å². The molecule has 0 unspecified atom stereocenters. The quantitative estimate of drug-likeness (QED) is 0.480. The lowest BCUT2D eigenvalue weighted by atomic mass is 9.83. The number of pyridine rings is 1. The van der Waals surface area contributed by atoms with Gasteiger partial charge in [0.2, 0.25) is 0 Å². The number of fused-ring (bicyclic) bond motifs is 3. The van der Waals surface area contributed by atoms with Crippen molar-refractivity contribution in [2.75, 3.05) is 13.2 Å². The number of aromatic amines is 2. The van der Waals surface area contributed by atoms with E-state index in [1.54, 1.807) is 6.20 Å². The number of aromatic nitrogens is 4. The van der Waals surface area contributed by atoms with Crippen molar-refractivity contribution in [3.05, 3.63) is 72.1 Å². The van der Waals surface area contributed by atoms with E-state index in [1.165, 1.54) is 22.2 Å². The Balaban J connectivity index is 1.39. The molecule has 3 N–H and O–H groups in total. The van der Waals surface area contributed by atoms with Gasteiger partial charge in [-0.2, -0.15) is 0 Å². The molecule has 30 heavy (non-hydrogen) atoms. The van der Waals surface area contributed by atoms with E-state index in [2.05, 4.69) is 50.6 Å². The fraction of sp³-hybridized carbons (Fsp3) is 0.333. The van der Waals surface area contributed by atoms with Crippen molar-refractivity contribution >= 4 is 10.9 Å². The van der Waals surface area contributed by atoms with Crippen LogP contribution >= 0.6 is 0 Å². The fourth-order valence-electron chi connectivity index (χ4n) is 5.05. The second-order valence-corrected chi connectivity index (χ2v) is 8.34. The number of ether oxygens (including phenoxy) is 1. The van der Waals surface area contributed by atoms with Crippen molar-refractivity contribution in [3.8, 4) is 11.3 Å². The molecule has 0 spiro atoms. The average molecular weight is 399 g/mol. The SMILES string of the molecule is c1cncc(-c2cnc([C@H]3Cc4c([nH]c5ccccc45)[C@@H](C4CCOCC4)N3)[nH]2)c1. The predicted molar refractivity (Wildman–Crippen MR) is 116 cm³/mol. The monoisotopic (exact) mass is 399 g/mol. The first kappa shape index (κ1) is 17.9. The van der Waals surface area contributed by atoms with Crippen molar-refractivity contribution in [2.45, 2.75) is 31.3 Å². The second-order valence-electron chi connectivity index (χ2n) is 8.34. The van der Waals surface area contributed by atoms with Gasteiger partial charge in [0, 0.05) is 47.8 Å². The van der Waals surface area contributed by atoms with Gasteiger partial charge in [0.15, 0.2) is 0 Å². The van der Waals surface area contributed by atoms with Gasteiger partial charge in [0.1, 0.15) is 5.82 Å². The van der Waals surface area contributed by atoms with E-state index in [0.717, 1.165) is 49.6 Å². The van der Waals surface area contributed by atoms with Crippen LogP contribution in [0.5, 0.6) is 0 Å². The summed E-state index contributed by atoms with van der Waals surface area (Å²) in [5, 5.41) is 5.25. The Morgan fingerprint density at radius 2 is 1.87 bits per heavy atom. The van der Waals surface area contributed by atoms with Gasteiger partial charge in [-0.05, 0) is 48.9 Å². The van der Waals surface area contributed by atoms with E-state index in [4.69, 9.17) is 9.72 Å². The molecular weight excluding hydrogens is 374 g/mol. The van der Waals surface area contributed by atoms with E-state index in [9.17, 15) is 0 Å². The van der Waals surface area contributed by atoms with Gasteiger partial charge in [0.25, 0.3) is 0 Å². The van der Waals surface area contributed by atoms with Crippen molar-refractivity contribution in [1.29, 1.82) is 0 Å². The van der Waals surface area contributed by atoms with E-state index in [1.807, 2.05) is 18.5 Å². The largest absolute Gasteiger partial charge is 0.381 e. The highest BCUT2D eigenvalue weighted by molar-refractivity contribution is 5.85. The van der Waals surface area contributed by atoms with E-state index >= 15 is 0 Å². The third-order valence-corrected chi connectivity index (χ3v) is 6.58. The van der Waals surface area contributed by atoms with Crippen LogP contribution in [0.1, 0.15) is 42.0 Å². The van der Waals surface area contributed by atoms with Crippen LogP contribution in [-0.4, -0.2) is 33.1 Å². The zero-order valence-corrected chi connectivity index (χ0v) is 16.8.